The zero-order valence-corrected chi connectivity index (χ0v) is 12.2. The average molecular weight is 239 g/mol. The summed E-state index contributed by atoms with van der Waals surface area (Å²) in [6.45, 7) is 11.3. The Morgan fingerprint density at radius 2 is 1.35 bits per heavy atom. The van der Waals surface area contributed by atoms with Gasteiger partial charge in [-0.25, -0.2) is 0 Å². The highest BCUT2D eigenvalue weighted by Crippen LogP contribution is 2.50. The molecule has 2 nitrogen and oxygen atoms in total. The SMILES string of the molecule is CC(C)(C)C1(NC(C)(C)C2(O)CC2)CCCC1. The molecule has 0 saturated heterocycles. The van der Waals surface area contributed by atoms with Gasteiger partial charge in [-0.1, -0.05) is 33.6 Å². The van der Waals surface area contributed by atoms with E-state index in [9.17, 15) is 5.11 Å². The summed E-state index contributed by atoms with van der Waals surface area (Å²) >= 11 is 0. The number of aliphatic hydroxyl groups is 1. The predicted molar refractivity (Wildman–Crippen MR) is 72.1 cm³/mol. The van der Waals surface area contributed by atoms with Gasteiger partial charge < -0.3 is 10.4 Å². The van der Waals surface area contributed by atoms with Crippen LogP contribution in [0, 0.1) is 5.41 Å². The van der Waals surface area contributed by atoms with Gasteiger partial charge in [0.25, 0.3) is 0 Å². The van der Waals surface area contributed by atoms with E-state index in [2.05, 4.69) is 39.9 Å². The van der Waals surface area contributed by atoms with Gasteiger partial charge in [-0.05, 0) is 44.9 Å². The standard InChI is InChI=1S/C15H29NO/c1-12(2,3)14(8-6-7-9-14)16-13(4,5)15(17)10-11-15/h16-17H,6-11H2,1-5H3. The molecule has 0 aromatic rings. The van der Waals surface area contributed by atoms with Crippen LogP contribution in [0.5, 0.6) is 0 Å². The first-order valence-corrected chi connectivity index (χ1v) is 7.14. The fourth-order valence-electron chi connectivity index (χ4n) is 3.50. The van der Waals surface area contributed by atoms with Crippen molar-refractivity contribution in [1.82, 2.24) is 5.32 Å². The number of nitrogens with one attached hydrogen (secondary N) is 1. The van der Waals surface area contributed by atoms with E-state index in [1.54, 1.807) is 0 Å². The van der Waals surface area contributed by atoms with E-state index in [1.165, 1.54) is 25.7 Å². The van der Waals surface area contributed by atoms with Gasteiger partial charge in [0, 0.05) is 11.1 Å². The van der Waals surface area contributed by atoms with Crippen molar-refractivity contribution in [1.29, 1.82) is 0 Å². The number of rotatable bonds is 3. The second-order valence-corrected chi connectivity index (χ2v) is 7.82. The molecule has 0 aliphatic heterocycles. The van der Waals surface area contributed by atoms with E-state index in [0.717, 1.165) is 12.8 Å². The Morgan fingerprint density at radius 1 is 0.882 bits per heavy atom. The van der Waals surface area contributed by atoms with Crippen molar-refractivity contribution in [2.75, 3.05) is 0 Å². The van der Waals surface area contributed by atoms with Crippen molar-refractivity contribution in [3.05, 3.63) is 0 Å². The molecule has 2 aliphatic rings. The van der Waals surface area contributed by atoms with E-state index >= 15 is 0 Å². The molecule has 17 heavy (non-hydrogen) atoms. The molecular weight excluding hydrogens is 210 g/mol. The summed E-state index contributed by atoms with van der Waals surface area (Å²) < 4.78 is 0. The van der Waals surface area contributed by atoms with Crippen molar-refractivity contribution in [3.8, 4) is 0 Å². The number of hydrogen-bond donors (Lipinski definition) is 2. The van der Waals surface area contributed by atoms with Crippen LogP contribution in [-0.4, -0.2) is 21.8 Å². The highest BCUT2D eigenvalue weighted by molar-refractivity contribution is 5.15. The molecule has 0 unspecified atom stereocenters. The first kappa shape index (κ1) is 13.4. The molecule has 0 heterocycles. The van der Waals surface area contributed by atoms with Crippen molar-refractivity contribution in [2.45, 2.75) is 89.8 Å². The molecule has 2 fully saturated rings. The molecule has 100 valence electrons. The lowest BCUT2D eigenvalue weighted by Crippen LogP contribution is -2.64. The van der Waals surface area contributed by atoms with E-state index in [4.69, 9.17) is 0 Å². The van der Waals surface area contributed by atoms with Crippen molar-refractivity contribution in [2.24, 2.45) is 5.41 Å². The Bertz CT molecular complexity index is 291. The van der Waals surface area contributed by atoms with E-state index in [1.807, 2.05) is 0 Å². The second-order valence-electron chi connectivity index (χ2n) is 7.82. The smallest absolute Gasteiger partial charge is 0.0825 e. The fraction of sp³-hybridized carbons (Fsp3) is 1.00. The zero-order valence-electron chi connectivity index (χ0n) is 12.2. The third-order valence-corrected chi connectivity index (χ3v) is 5.33. The molecule has 2 aliphatic carbocycles. The molecule has 2 rings (SSSR count). The third-order valence-electron chi connectivity index (χ3n) is 5.33. The molecule has 0 bridgehead atoms. The lowest BCUT2D eigenvalue weighted by atomic mass is 9.70. The Balaban J connectivity index is 2.19. The van der Waals surface area contributed by atoms with Gasteiger partial charge in [-0.3, -0.25) is 0 Å². The van der Waals surface area contributed by atoms with Crippen LogP contribution in [0.25, 0.3) is 0 Å². The van der Waals surface area contributed by atoms with Gasteiger partial charge >= 0.3 is 0 Å². The van der Waals surface area contributed by atoms with Crippen LogP contribution in [0.2, 0.25) is 0 Å². The Labute approximate surface area is 106 Å². The summed E-state index contributed by atoms with van der Waals surface area (Å²) in [6.07, 6.45) is 7.03. The molecule has 0 atom stereocenters. The Hall–Kier alpha value is -0.0800. The second kappa shape index (κ2) is 3.71. The molecule has 0 amide bonds. The lowest BCUT2D eigenvalue weighted by Gasteiger charge is -2.49. The molecule has 2 heteroatoms. The molecule has 0 spiro atoms. The summed E-state index contributed by atoms with van der Waals surface area (Å²) in [5.74, 6) is 0. The highest BCUT2D eigenvalue weighted by atomic mass is 16.3. The van der Waals surface area contributed by atoms with Crippen molar-refractivity contribution >= 4 is 0 Å². The van der Waals surface area contributed by atoms with Gasteiger partial charge in [0.2, 0.25) is 0 Å². The fourth-order valence-corrected chi connectivity index (χ4v) is 3.50. The Kier molecular flexibility index (Phi) is 2.91. The van der Waals surface area contributed by atoms with Crippen LogP contribution in [0.4, 0.5) is 0 Å². The maximum absolute atomic E-state index is 10.4. The summed E-state index contributed by atoms with van der Waals surface area (Å²) in [4.78, 5) is 0. The third kappa shape index (κ3) is 2.15. The van der Waals surface area contributed by atoms with Gasteiger partial charge in [0.1, 0.15) is 0 Å². The van der Waals surface area contributed by atoms with Gasteiger partial charge in [0.05, 0.1) is 5.60 Å². The summed E-state index contributed by atoms with van der Waals surface area (Å²) in [6, 6.07) is 0. The van der Waals surface area contributed by atoms with Crippen LogP contribution in [0.1, 0.15) is 73.1 Å². The molecular formula is C15H29NO. The maximum Gasteiger partial charge on any atom is 0.0825 e. The number of hydrogen-bond acceptors (Lipinski definition) is 2. The van der Waals surface area contributed by atoms with E-state index in [0.29, 0.717) is 0 Å². The minimum atomic E-state index is -0.464. The zero-order chi connectivity index (χ0) is 12.9. The first-order valence-electron chi connectivity index (χ1n) is 7.14. The van der Waals surface area contributed by atoms with Gasteiger partial charge in [0.15, 0.2) is 0 Å². The molecule has 0 aromatic heterocycles. The predicted octanol–water partition coefficient (Wildman–Crippen LogP) is 3.24. The van der Waals surface area contributed by atoms with Crippen LogP contribution in [0.15, 0.2) is 0 Å². The topological polar surface area (TPSA) is 32.3 Å². The molecule has 0 aromatic carbocycles. The summed E-state index contributed by atoms with van der Waals surface area (Å²) in [5.41, 5.74) is -0.167. The average Bonchev–Trinajstić information content (AvgIpc) is 2.75. The quantitative estimate of drug-likeness (QED) is 0.792. The van der Waals surface area contributed by atoms with Crippen LogP contribution < -0.4 is 5.32 Å². The van der Waals surface area contributed by atoms with Crippen LogP contribution >= 0.6 is 0 Å². The monoisotopic (exact) mass is 239 g/mol. The van der Waals surface area contributed by atoms with Crippen LogP contribution in [-0.2, 0) is 0 Å². The van der Waals surface area contributed by atoms with Crippen molar-refractivity contribution in [3.63, 3.8) is 0 Å². The minimum absolute atomic E-state index is 0.162. The van der Waals surface area contributed by atoms with Crippen molar-refractivity contribution < 1.29 is 5.11 Å². The maximum atomic E-state index is 10.4. The van der Waals surface area contributed by atoms with Gasteiger partial charge in [-0.2, -0.15) is 0 Å². The van der Waals surface area contributed by atoms with Gasteiger partial charge in [-0.15, -0.1) is 0 Å². The first-order chi connectivity index (χ1) is 7.62. The highest BCUT2D eigenvalue weighted by Gasteiger charge is 2.57. The molecule has 0 radical (unpaired) electrons. The van der Waals surface area contributed by atoms with Crippen LogP contribution in [0.3, 0.4) is 0 Å². The summed E-state index contributed by atoms with van der Waals surface area (Å²) in [5, 5.41) is 14.3. The molecule has 2 N–H and O–H groups in total. The van der Waals surface area contributed by atoms with E-state index < -0.39 is 5.60 Å². The molecule has 2 saturated carbocycles. The Morgan fingerprint density at radius 3 is 1.71 bits per heavy atom. The lowest BCUT2D eigenvalue weighted by molar-refractivity contribution is 0.00653. The minimum Gasteiger partial charge on any atom is -0.388 e. The normalized spacial score (nSPS) is 27.2. The van der Waals surface area contributed by atoms with E-state index in [-0.39, 0.29) is 16.5 Å². The summed E-state index contributed by atoms with van der Waals surface area (Å²) in [7, 11) is 0. The largest absolute Gasteiger partial charge is 0.388 e.